The topological polar surface area (TPSA) is 0 Å². The van der Waals surface area contributed by atoms with Gasteiger partial charge in [-0.2, -0.15) is 0 Å². The SMILES string of the molecule is FC(F)(F)C(F)(F)C(F)(F)C(F)(F)C[CH2][Sn]([CH2]CC(F)(F)C(F)(F)C(F)(F)C(F)(F)F)([CH2]c1ccccc1)[CH2]c1ccccc1. The Morgan fingerprint density at radius 3 is 0.889 bits per heavy atom. The quantitative estimate of drug-likeness (QED) is 0.132. The first kappa shape index (κ1) is 39.2. The molecule has 0 saturated carbocycles. The first-order valence-electron chi connectivity index (χ1n) is 12.6. The van der Waals surface area contributed by atoms with Gasteiger partial charge in [0.1, 0.15) is 0 Å². The summed E-state index contributed by atoms with van der Waals surface area (Å²) in [6.07, 6.45) is -19.4. The Labute approximate surface area is 247 Å². The predicted molar refractivity (Wildman–Crippen MR) is 127 cm³/mol. The Balaban J connectivity index is 2.65. The van der Waals surface area contributed by atoms with Gasteiger partial charge in [0.25, 0.3) is 0 Å². The summed E-state index contributed by atoms with van der Waals surface area (Å²) in [6, 6.07) is 12.7. The summed E-state index contributed by atoms with van der Waals surface area (Å²) in [4.78, 5) is 0. The van der Waals surface area contributed by atoms with Crippen molar-refractivity contribution in [1.29, 1.82) is 0 Å². The molecular weight excluding hydrogens is 773 g/mol. The Hall–Kier alpha value is -2.02. The molecule has 19 heteroatoms. The molecule has 0 aliphatic rings. The molecule has 0 aliphatic carbocycles. The zero-order valence-electron chi connectivity index (χ0n) is 22.3. The molecule has 0 spiro atoms. The molecule has 256 valence electrons. The molecule has 0 aliphatic heterocycles. The van der Waals surface area contributed by atoms with E-state index < -0.39 is 96.9 Å². The van der Waals surface area contributed by atoms with Crippen LogP contribution in [0.1, 0.15) is 24.0 Å². The molecule has 2 rings (SSSR count). The summed E-state index contributed by atoms with van der Waals surface area (Å²) in [6.45, 7) is 0. The van der Waals surface area contributed by atoms with Crippen LogP contribution < -0.4 is 0 Å². The van der Waals surface area contributed by atoms with Crippen LogP contribution in [0, 0.1) is 0 Å². The van der Waals surface area contributed by atoms with Gasteiger partial charge in [-0.1, -0.05) is 0 Å². The molecule has 2 aromatic carbocycles. The van der Waals surface area contributed by atoms with E-state index >= 15 is 0 Å². The number of alkyl halides is 18. The first-order valence-corrected chi connectivity index (χ1v) is 20.6. The van der Waals surface area contributed by atoms with Gasteiger partial charge in [-0.15, -0.1) is 0 Å². The zero-order chi connectivity index (χ0) is 35.0. The van der Waals surface area contributed by atoms with Gasteiger partial charge >= 0.3 is 248 Å². The predicted octanol–water partition coefficient (Wildman–Crippen LogP) is 10.7. The number of halogens is 18. The molecule has 0 amide bonds. The molecular formula is C26H22F18Sn. The van der Waals surface area contributed by atoms with Crippen molar-refractivity contribution in [2.45, 2.75) is 78.5 Å². The average molecular weight is 795 g/mol. The fourth-order valence-electron chi connectivity index (χ4n) is 4.57. The van der Waals surface area contributed by atoms with Crippen molar-refractivity contribution in [3.63, 3.8) is 0 Å². The van der Waals surface area contributed by atoms with E-state index in [0.717, 1.165) is 0 Å². The molecule has 0 aromatic heterocycles. The van der Waals surface area contributed by atoms with Gasteiger partial charge in [0.05, 0.1) is 0 Å². The molecule has 0 bridgehead atoms. The Morgan fingerprint density at radius 2 is 0.644 bits per heavy atom. The number of hydrogen-bond donors (Lipinski definition) is 0. The minimum absolute atomic E-state index is 0.0515. The maximum atomic E-state index is 14.6. The van der Waals surface area contributed by atoms with Crippen LogP contribution in [0.2, 0.25) is 8.87 Å². The molecule has 0 unspecified atom stereocenters. The molecule has 0 fully saturated rings. The van der Waals surface area contributed by atoms with Crippen LogP contribution >= 0.6 is 0 Å². The monoisotopic (exact) mass is 796 g/mol. The third-order valence-electron chi connectivity index (χ3n) is 7.20. The van der Waals surface area contributed by atoms with Crippen molar-refractivity contribution < 1.29 is 79.0 Å². The molecule has 0 saturated heterocycles. The Kier molecular flexibility index (Phi) is 11.2. The van der Waals surface area contributed by atoms with Crippen LogP contribution in [-0.4, -0.2) is 66.3 Å². The first-order chi connectivity index (χ1) is 20.1. The average Bonchev–Trinajstić information content (AvgIpc) is 2.90. The second kappa shape index (κ2) is 12.9. The van der Waals surface area contributed by atoms with E-state index in [2.05, 4.69) is 0 Å². The normalized spacial score (nSPS) is 15.0. The second-order valence-electron chi connectivity index (χ2n) is 10.5. The maximum absolute atomic E-state index is 14.6. The summed E-state index contributed by atoms with van der Waals surface area (Å²) in [5.74, 6) is -41.1. The van der Waals surface area contributed by atoms with Crippen LogP contribution in [0.4, 0.5) is 79.0 Å². The van der Waals surface area contributed by atoms with Gasteiger partial charge in [-0.25, -0.2) is 0 Å². The van der Waals surface area contributed by atoms with E-state index in [4.69, 9.17) is 0 Å². The molecule has 45 heavy (non-hydrogen) atoms. The van der Waals surface area contributed by atoms with Crippen LogP contribution in [0.15, 0.2) is 60.7 Å². The van der Waals surface area contributed by atoms with E-state index in [0.29, 0.717) is 0 Å². The summed E-state index contributed by atoms with van der Waals surface area (Å²) >= 11 is -5.58. The third-order valence-corrected chi connectivity index (χ3v) is 21.3. The Morgan fingerprint density at radius 1 is 0.378 bits per heavy atom. The molecule has 0 heterocycles. The number of rotatable bonds is 14. The van der Waals surface area contributed by atoms with Gasteiger partial charge in [0.15, 0.2) is 0 Å². The third kappa shape index (κ3) is 7.93. The Bertz CT molecular complexity index is 1140. The molecule has 0 nitrogen and oxygen atoms in total. The van der Waals surface area contributed by atoms with Crippen molar-refractivity contribution in [2.24, 2.45) is 0 Å². The fraction of sp³-hybridized carbons (Fsp3) is 0.538. The number of hydrogen-bond acceptors (Lipinski definition) is 0. The van der Waals surface area contributed by atoms with Crippen LogP contribution in [0.3, 0.4) is 0 Å². The van der Waals surface area contributed by atoms with E-state index in [1.807, 2.05) is 0 Å². The van der Waals surface area contributed by atoms with Crippen molar-refractivity contribution >= 4 is 18.4 Å². The van der Waals surface area contributed by atoms with Crippen LogP contribution in [0.5, 0.6) is 0 Å². The van der Waals surface area contributed by atoms with E-state index in [-0.39, 0.29) is 11.1 Å². The van der Waals surface area contributed by atoms with Gasteiger partial charge in [0, 0.05) is 0 Å². The van der Waals surface area contributed by atoms with E-state index in [1.165, 1.54) is 60.7 Å². The van der Waals surface area contributed by atoms with Gasteiger partial charge < -0.3 is 0 Å². The summed E-state index contributed by atoms with van der Waals surface area (Å²) in [7, 11) is 0. The molecule has 0 N–H and O–H groups in total. The van der Waals surface area contributed by atoms with Crippen LogP contribution in [-0.2, 0) is 8.87 Å². The van der Waals surface area contributed by atoms with Crippen molar-refractivity contribution in [3.05, 3.63) is 71.8 Å². The zero-order valence-corrected chi connectivity index (χ0v) is 25.2. The van der Waals surface area contributed by atoms with Crippen molar-refractivity contribution in [1.82, 2.24) is 0 Å². The second-order valence-corrected chi connectivity index (χ2v) is 24.0. The fourth-order valence-corrected chi connectivity index (χ4v) is 18.8. The van der Waals surface area contributed by atoms with Crippen LogP contribution in [0.25, 0.3) is 0 Å². The molecule has 0 atom stereocenters. The van der Waals surface area contributed by atoms with Crippen molar-refractivity contribution in [3.8, 4) is 0 Å². The standard InChI is InChI=1S/2C7H7.2C6H4F9.Sn/c2*1-7-5-3-2-4-6-7;2*1-2-3(7,8)4(9,10)5(11,12)6(13,14)15;/h2*2-6H,1H2;2*1-2H2;. The molecule has 2 aromatic rings. The van der Waals surface area contributed by atoms with Crippen molar-refractivity contribution in [2.75, 3.05) is 0 Å². The summed E-state index contributed by atoms with van der Waals surface area (Å²) < 4.78 is 240. The van der Waals surface area contributed by atoms with Gasteiger partial charge in [0.2, 0.25) is 0 Å². The van der Waals surface area contributed by atoms with Gasteiger partial charge in [-0.3, -0.25) is 0 Å². The number of benzene rings is 2. The van der Waals surface area contributed by atoms with E-state index in [1.54, 1.807) is 0 Å². The summed E-state index contributed by atoms with van der Waals surface area (Å²) in [5.41, 5.74) is 0.103. The minimum atomic E-state index is -7.29. The van der Waals surface area contributed by atoms with Gasteiger partial charge in [-0.05, 0) is 0 Å². The van der Waals surface area contributed by atoms with E-state index in [9.17, 15) is 79.0 Å². The molecule has 0 radical (unpaired) electrons. The summed E-state index contributed by atoms with van der Waals surface area (Å²) in [5, 5.41) is 0.